The van der Waals surface area contributed by atoms with Crippen molar-refractivity contribution in [2.75, 3.05) is 6.61 Å². The average molecular weight is 196 g/mol. The van der Waals surface area contributed by atoms with Crippen LogP contribution in [0, 0.1) is 0 Å². The molecular weight excluding hydrogens is 184 g/mol. The first-order valence-electron chi connectivity index (χ1n) is 4.83. The van der Waals surface area contributed by atoms with Crippen molar-refractivity contribution in [3.8, 4) is 0 Å². The quantitative estimate of drug-likeness (QED) is 0.463. The van der Waals surface area contributed by atoms with Crippen molar-refractivity contribution in [3.63, 3.8) is 0 Å². The lowest BCUT2D eigenvalue weighted by atomic mass is 10.1. The molecule has 0 aromatic rings. The van der Waals surface area contributed by atoms with E-state index in [9.17, 15) is 9.59 Å². The summed E-state index contributed by atoms with van der Waals surface area (Å²) in [6, 6.07) is 0. The molecule has 1 atom stereocenters. The molecule has 4 nitrogen and oxygen atoms in total. The zero-order valence-electron chi connectivity index (χ0n) is 7.82. The Kier molecular flexibility index (Phi) is 2.52. The third-order valence-electron chi connectivity index (χ3n) is 2.39. The molecule has 2 fully saturated rings. The van der Waals surface area contributed by atoms with E-state index in [1.54, 1.807) is 6.08 Å². The van der Waals surface area contributed by atoms with Gasteiger partial charge >= 0.3 is 11.9 Å². The summed E-state index contributed by atoms with van der Waals surface area (Å²) in [6.45, 7) is 0.501. The van der Waals surface area contributed by atoms with E-state index in [-0.39, 0.29) is 18.0 Å². The lowest BCUT2D eigenvalue weighted by Gasteiger charge is -2.15. The highest BCUT2D eigenvalue weighted by atomic mass is 16.6. The number of cyclic esters (lactones) is 2. The highest BCUT2D eigenvalue weighted by molar-refractivity contribution is 5.89. The third kappa shape index (κ3) is 1.95. The Balaban J connectivity index is 2.01. The van der Waals surface area contributed by atoms with Crippen LogP contribution in [0.25, 0.3) is 0 Å². The molecule has 76 valence electrons. The minimum Gasteiger partial charge on any atom is -0.462 e. The maximum absolute atomic E-state index is 11.2. The Bertz CT molecular complexity index is 292. The summed E-state index contributed by atoms with van der Waals surface area (Å²) < 4.78 is 9.87. The van der Waals surface area contributed by atoms with Crippen LogP contribution in [0.4, 0.5) is 0 Å². The van der Waals surface area contributed by atoms with E-state index < -0.39 is 0 Å². The Hall–Kier alpha value is -1.32. The highest BCUT2D eigenvalue weighted by Gasteiger charge is 2.24. The van der Waals surface area contributed by atoms with Crippen LogP contribution in [0.2, 0.25) is 0 Å². The van der Waals surface area contributed by atoms with Gasteiger partial charge in [0.1, 0.15) is 6.10 Å². The molecule has 0 bridgehead atoms. The van der Waals surface area contributed by atoms with Crippen LogP contribution in [0.15, 0.2) is 11.6 Å². The molecule has 4 heteroatoms. The van der Waals surface area contributed by atoms with Gasteiger partial charge in [-0.1, -0.05) is 0 Å². The molecule has 2 aliphatic heterocycles. The summed E-state index contributed by atoms with van der Waals surface area (Å²) in [7, 11) is 0. The van der Waals surface area contributed by atoms with Gasteiger partial charge in [-0.15, -0.1) is 0 Å². The van der Waals surface area contributed by atoms with Crippen LogP contribution >= 0.6 is 0 Å². The summed E-state index contributed by atoms with van der Waals surface area (Å²) in [5.74, 6) is -0.449. The minimum atomic E-state index is -0.265. The molecule has 2 heterocycles. The summed E-state index contributed by atoms with van der Waals surface area (Å²) in [4.78, 5) is 22.0. The van der Waals surface area contributed by atoms with Crippen LogP contribution in [-0.4, -0.2) is 24.6 Å². The van der Waals surface area contributed by atoms with Crippen molar-refractivity contribution in [3.05, 3.63) is 11.6 Å². The summed E-state index contributed by atoms with van der Waals surface area (Å²) in [5.41, 5.74) is 0.649. The van der Waals surface area contributed by atoms with Gasteiger partial charge in [0.15, 0.2) is 0 Å². The SMILES string of the molecule is O=C1CC[C@H](/C=C2\CCCOC2=O)O1. The first kappa shape index (κ1) is 9.24. The lowest BCUT2D eigenvalue weighted by molar-refractivity contribution is -0.142. The zero-order chi connectivity index (χ0) is 9.97. The first-order chi connectivity index (χ1) is 6.75. The van der Waals surface area contributed by atoms with Gasteiger partial charge in [0.25, 0.3) is 0 Å². The molecule has 0 spiro atoms. The average Bonchev–Trinajstić information content (AvgIpc) is 2.56. The molecule has 0 aromatic heterocycles. The molecular formula is C10H12O4. The van der Waals surface area contributed by atoms with Crippen LogP contribution < -0.4 is 0 Å². The van der Waals surface area contributed by atoms with Gasteiger partial charge in [0.2, 0.25) is 0 Å². The number of hydrogen-bond donors (Lipinski definition) is 0. The van der Waals surface area contributed by atoms with Crippen molar-refractivity contribution < 1.29 is 19.1 Å². The van der Waals surface area contributed by atoms with E-state index >= 15 is 0 Å². The van der Waals surface area contributed by atoms with Gasteiger partial charge in [0.05, 0.1) is 6.61 Å². The molecule has 0 N–H and O–H groups in total. The topological polar surface area (TPSA) is 52.6 Å². The number of carbonyl (C=O) groups excluding carboxylic acids is 2. The Morgan fingerprint density at radius 3 is 2.79 bits per heavy atom. The number of carbonyl (C=O) groups is 2. The molecule has 0 amide bonds. The van der Waals surface area contributed by atoms with Crippen LogP contribution in [0.1, 0.15) is 25.7 Å². The second kappa shape index (κ2) is 3.82. The standard InChI is InChI=1S/C10H12O4/c11-9-4-3-8(14-9)6-7-2-1-5-13-10(7)12/h6,8H,1-5H2/b7-6+/t8-/m1/s1. The van der Waals surface area contributed by atoms with Crippen molar-refractivity contribution in [1.29, 1.82) is 0 Å². The van der Waals surface area contributed by atoms with Gasteiger partial charge < -0.3 is 9.47 Å². The minimum absolute atomic E-state index is 0.184. The van der Waals surface area contributed by atoms with Crippen molar-refractivity contribution >= 4 is 11.9 Å². The lowest BCUT2D eigenvalue weighted by Crippen LogP contribution is -2.17. The molecule has 0 saturated carbocycles. The smallest absolute Gasteiger partial charge is 0.333 e. The predicted molar refractivity (Wildman–Crippen MR) is 47.4 cm³/mol. The zero-order valence-corrected chi connectivity index (χ0v) is 7.82. The Morgan fingerprint density at radius 2 is 2.14 bits per heavy atom. The van der Waals surface area contributed by atoms with E-state index in [4.69, 9.17) is 9.47 Å². The summed E-state index contributed by atoms with van der Waals surface area (Å²) in [5, 5.41) is 0. The third-order valence-corrected chi connectivity index (χ3v) is 2.39. The van der Waals surface area contributed by atoms with Crippen molar-refractivity contribution in [1.82, 2.24) is 0 Å². The number of hydrogen-bond acceptors (Lipinski definition) is 4. The largest absolute Gasteiger partial charge is 0.462 e. The van der Waals surface area contributed by atoms with E-state index in [2.05, 4.69) is 0 Å². The molecule has 2 saturated heterocycles. The fourth-order valence-corrected chi connectivity index (χ4v) is 1.66. The first-order valence-corrected chi connectivity index (χ1v) is 4.83. The summed E-state index contributed by atoms with van der Waals surface area (Å²) >= 11 is 0. The normalized spacial score (nSPS) is 30.3. The number of esters is 2. The molecule has 14 heavy (non-hydrogen) atoms. The van der Waals surface area contributed by atoms with E-state index in [1.807, 2.05) is 0 Å². The van der Waals surface area contributed by atoms with Crippen LogP contribution in [0.5, 0.6) is 0 Å². The van der Waals surface area contributed by atoms with Gasteiger partial charge in [-0.05, 0) is 25.3 Å². The fraction of sp³-hybridized carbons (Fsp3) is 0.600. The van der Waals surface area contributed by atoms with Crippen molar-refractivity contribution in [2.24, 2.45) is 0 Å². The van der Waals surface area contributed by atoms with E-state index in [0.29, 0.717) is 25.0 Å². The van der Waals surface area contributed by atoms with Gasteiger partial charge in [0, 0.05) is 12.0 Å². The Morgan fingerprint density at radius 1 is 1.29 bits per heavy atom. The predicted octanol–water partition coefficient (Wildman–Crippen LogP) is 0.955. The molecule has 0 radical (unpaired) electrons. The maximum atomic E-state index is 11.2. The van der Waals surface area contributed by atoms with Gasteiger partial charge in [-0.25, -0.2) is 4.79 Å². The van der Waals surface area contributed by atoms with Gasteiger partial charge in [-0.2, -0.15) is 0 Å². The van der Waals surface area contributed by atoms with Crippen LogP contribution in [-0.2, 0) is 19.1 Å². The fourth-order valence-electron chi connectivity index (χ4n) is 1.66. The highest BCUT2D eigenvalue weighted by Crippen LogP contribution is 2.20. The monoisotopic (exact) mass is 196 g/mol. The second-order valence-electron chi connectivity index (χ2n) is 3.50. The van der Waals surface area contributed by atoms with Crippen molar-refractivity contribution in [2.45, 2.75) is 31.8 Å². The molecule has 0 aromatic carbocycles. The summed E-state index contributed by atoms with van der Waals surface area (Å²) in [6.07, 6.45) is 4.22. The van der Waals surface area contributed by atoms with Gasteiger partial charge in [-0.3, -0.25) is 4.79 Å². The second-order valence-corrected chi connectivity index (χ2v) is 3.50. The van der Waals surface area contributed by atoms with E-state index in [0.717, 1.165) is 12.8 Å². The number of rotatable bonds is 1. The Labute approximate surface area is 81.9 Å². The molecule has 0 aliphatic carbocycles. The van der Waals surface area contributed by atoms with Crippen LogP contribution in [0.3, 0.4) is 0 Å². The van der Waals surface area contributed by atoms with E-state index in [1.165, 1.54) is 0 Å². The number of ether oxygens (including phenoxy) is 2. The molecule has 0 unspecified atom stereocenters. The maximum Gasteiger partial charge on any atom is 0.333 e. The molecule has 2 rings (SSSR count). The molecule has 2 aliphatic rings.